The third-order valence-corrected chi connectivity index (χ3v) is 4.00. The molecule has 0 aliphatic heterocycles. The first-order valence-corrected chi connectivity index (χ1v) is 8.23. The summed E-state index contributed by atoms with van der Waals surface area (Å²) in [5.74, 6) is -0.0915. The van der Waals surface area contributed by atoms with E-state index in [1.807, 2.05) is 44.2 Å². The van der Waals surface area contributed by atoms with E-state index in [4.69, 9.17) is 4.74 Å². The number of benzene rings is 2. The Bertz CT molecular complexity index is 683. The van der Waals surface area contributed by atoms with Gasteiger partial charge in [-0.05, 0) is 66.0 Å². The highest BCUT2D eigenvalue weighted by molar-refractivity contribution is 9.10. The summed E-state index contributed by atoms with van der Waals surface area (Å²) in [5, 5.41) is 12.5. The zero-order valence-corrected chi connectivity index (χ0v) is 14.8. The van der Waals surface area contributed by atoms with Gasteiger partial charge in [0, 0.05) is 11.0 Å². The van der Waals surface area contributed by atoms with Crippen molar-refractivity contribution in [3.05, 3.63) is 57.6 Å². The molecule has 0 unspecified atom stereocenters. The van der Waals surface area contributed by atoms with Gasteiger partial charge in [-0.2, -0.15) is 0 Å². The number of hydrogen-bond acceptors (Lipinski definition) is 3. The normalized spacial score (nSPS) is 10.4. The molecule has 2 N–H and O–H groups in total. The molecule has 122 valence electrons. The van der Waals surface area contributed by atoms with Crippen molar-refractivity contribution >= 4 is 27.6 Å². The van der Waals surface area contributed by atoms with Gasteiger partial charge in [-0.25, -0.2) is 4.79 Å². The summed E-state index contributed by atoms with van der Waals surface area (Å²) in [6.07, 6.45) is 0.771. The van der Waals surface area contributed by atoms with Gasteiger partial charge in [0.1, 0.15) is 5.75 Å². The number of anilines is 1. The monoisotopic (exact) mass is 377 g/mol. The molecular weight excluding hydrogens is 358 g/mol. The van der Waals surface area contributed by atoms with Crippen LogP contribution >= 0.6 is 15.9 Å². The second kappa shape index (κ2) is 8.02. The molecule has 0 saturated carbocycles. The minimum absolute atomic E-state index is 0.274. The topological polar surface area (TPSA) is 58.6 Å². The minimum Gasteiger partial charge on any atom is -0.494 e. The van der Waals surface area contributed by atoms with Gasteiger partial charge in [0.15, 0.2) is 0 Å². The van der Waals surface area contributed by atoms with Crippen LogP contribution in [0.25, 0.3) is 0 Å². The maximum absolute atomic E-state index is 11.3. The number of nitrogens with one attached hydrogen (secondary N) is 1. The van der Waals surface area contributed by atoms with E-state index in [1.165, 1.54) is 5.56 Å². The molecule has 0 aromatic heterocycles. The molecule has 0 atom stereocenters. The van der Waals surface area contributed by atoms with Crippen LogP contribution in [-0.2, 0) is 0 Å². The van der Waals surface area contributed by atoms with Crippen molar-refractivity contribution in [1.82, 2.24) is 0 Å². The summed E-state index contributed by atoms with van der Waals surface area (Å²) in [7, 11) is 0. The van der Waals surface area contributed by atoms with Gasteiger partial charge in [0.25, 0.3) is 0 Å². The SMILES string of the molecule is Cc1ccc(OCCCNc2c(Br)cc(C)cc2C(=O)O)cc1. The van der Waals surface area contributed by atoms with Crippen LogP contribution in [0.2, 0.25) is 0 Å². The first kappa shape index (κ1) is 17.3. The highest BCUT2D eigenvalue weighted by Crippen LogP contribution is 2.28. The Morgan fingerprint density at radius 3 is 2.52 bits per heavy atom. The second-order valence-corrected chi connectivity index (χ2v) is 6.27. The van der Waals surface area contributed by atoms with Gasteiger partial charge in [-0.15, -0.1) is 0 Å². The zero-order valence-electron chi connectivity index (χ0n) is 13.2. The Labute approximate surface area is 144 Å². The van der Waals surface area contributed by atoms with Gasteiger partial charge in [-0.3, -0.25) is 0 Å². The molecule has 0 heterocycles. The number of carboxylic acids is 1. The quantitative estimate of drug-likeness (QED) is 0.689. The van der Waals surface area contributed by atoms with Gasteiger partial charge in [0.05, 0.1) is 17.9 Å². The Morgan fingerprint density at radius 2 is 1.87 bits per heavy atom. The maximum atomic E-state index is 11.3. The highest BCUT2D eigenvalue weighted by Gasteiger charge is 2.13. The molecule has 0 saturated heterocycles. The van der Waals surface area contributed by atoms with Gasteiger partial charge < -0.3 is 15.2 Å². The lowest BCUT2D eigenvalue weighted by atomic mass is 10.1. The third-order valence-electron chi connectivity index (χ3n) is 3.38. The van der Waals surface area contributed by atoms with E-state index in [1.54, 1.807) is 6.07 Å². The zero-order chi connectivity index (χ0) is 16.8. The van der Waals surface area contributed by atoms with Gasteiger partial charge in [-0.1, -0.05) is 17.7 Å². The van der Waals surface area contributed by atoms with Crippen LogP contribution in [-0.4, -0.2) is 24.2 Å². The molecule has 0 aliphatic carbocycles. The second-order valence-electron chi connectivity index (χ2n) is 5.42. The van der Waals surface area contributed by atoms with Gasteiger partial charge in [0.2, 0.25) is 0 Å². The lowest BCUT2D eigenvalue weighted by molar-refractivity contribution is 0.0697. The lowest BCUT2D eigenvalue weighted by Crippen LogP contribution is -2.11. The average molecular weight is 378 g/mol. The number of rotatable bonds is 7. The van der Waals surface area contributed by atoms with Crippen molar-refractivity contribution in [2.24, 2.45) is 0 Å². The fourth-order valence-electron chi connectivity index (χ4n) is 2.20. The van der Waals surface area contributed by atoms with E-state index < -0.39 is 5.97 Å². The van der Waals surface area contributed by atoms with Crippen molar-refractivity contribution in [3.63, 3.8) is 0 Å². The first-order valence-electron chi connectivity index (χ1n) is 7.44. The molecule has 2 aromatic rings. The van der Waals surface area contributed by atoms with Crippen molar-refractivity contribution in [2.45, 2.75) is 20.3 Å². The summed E-state index contributed by atoms with van der Waals surface area (Å²) in [5.41, 5.74) is 2.99. The molecule has 0 fully saturated rings. The van der Waals surface area contributed by atoms with Crippen LogP contribution in [0.1, 0.15) is 27.9 Å². The van der Waals surface area contributed by atoms with E-state index >= 15 is 0 Å². The summed E-state index contributed by atoms with van der Waals surface area (Å²) in [6, 6.07) is 11.5. The number of aromatic carboxylic acids is 1. The van der Waals surface area contributed by atoms with Crippen molar-refractivity contribution in [3.8, 4) is 5.75 Å². The van der Waals surface area contributed by atoms with E-state index in [0.29, 0.717) is 18.8 Å². The molecule has 2 rings (SSSR count). The van der Waals surface area contributed by atoms with E-state index in [-0.39, 0.29) is 5.56 Å². The Kier molecular flexibility index (Phi) is 6.04. The highest BCUT2D eigenvalue weighted by atomic mass is 79.9. The van der Waals surface area contributed by atoms with E-state index in [0.717, 1.165) is 22.2 Å². The summed E-state index contributed by atoms with van der Waals surface area (Å²) >= 11 is 3.42. The van der Waals surface area contributed by atoms with E-state index in [2.05, 4.69) is 21.2 Å². The fourth-order valence-corrected chi connectivity index (χ4v) is 2.92. The summed E-state index contributed by atoms with van der Waals surface area (Å²) in [4.78, 5) is 11.3. The number of carboxylic acid groups (broad SMARTS) is 1. The number of halogens is 1. The molecule has 23 heavy (non-hydrogen) atoms. The van der Waals surface area contributed by atoms with Crippen LogP contribution in [0.15, 0.2) is 40.9 Å². The van der Waals surface area contributed by atoms with Crippen LogP contribution in [0, 0.1) is 13.8 Å². The molecule has 0 aliphatic rings. The third kappa shape index (κ3) is 4.99. The largest absolute Gasteiger partial charge is 0.494 e. The van der Waals surface area contributed by atoms with Gasteiger partial charge >= 0.3 is 5.97 Å². The molecule has 0 radical (unpaired) electrons. The molecular formula is C18H20BrNO3. The summed E-state index contributed by atoms with van der Waals surface area (Å²) < 4.78 is 6.42. The smallest absolute Gasteiger partial charge is 0.337 e. The molecule has 0 spiro atoms. The lowest BCUT2D eigenvalue weighted by Gasteiger charge is -2.13. The predicted octanol–water partition coefficient (Wildman–Crippen LogP) is 4.65. The van der Waals surface area contributed by atoms with Crippen molar-refractivity contribution in [1.29, 1.82) is 0 Å². The van der Waals surface area contributed by atoms with Crippen molar-refractivity contribution in [2.75, 3.05) is 18.5 Å². The van der Waals surface area contributed by atoms with E-state index in [9.17, 15) is 9.90 Å². The predicted molar refractivity (Wildman–Crippen MR) is 95.6 cm³/mol. The standard InChI is InChI=1S/C18H20BrNO3/c1-12-4-6-14(7-5-12)23-9-3-8-20-17-15(18(21)22)10-13(2)11-16(17)19/h4-7,10-11,20H,3,8-9H2,1-2H3,(H,21,22). The van der Waals surface area contributed by atoms with Crippen LogP contribution < -0.4 is 10.1 Å². The van der Waals surface area contributed by atoms with Crippen molar-refractivity contribution < 1.29 is 14.6 Å². The summed E-state index contributed by atoms with van der Waals surface area (Å²) in [6.45, 7) is 5.11. The number of aryl methyl sites for hydroxylation is 2. The maximum Gasteiger partial charge on any atom is 0.337 e. The molecule has 0 bridgehead atoms. The minimum atomic E-state index is -0.937. The molecule has 4 nitrogen and oxygen atoms in total. The molecule has 2 aromatic carbocycles. The molecule has 5 heteroatoms. The Balaban J connectivity index is 1.87. The van der Waals surface area contributed by atoms with Crippen LogP contribution in [0.4, 0.5) is 5.69 Å². The Morgan fingerprint density at radius 1 is 1.17 bits per heavy atom. The Hall–Kier alpha value is -2.01. The average Bonchev–Trinajstić information content (AvgIpc) is 2.50. The number of ether oxygens (including phenoxy) is 1. The number of hydrogen-bond donors (Lipinski definition) is 2. The molecule has 0 amide bonds. The first-order chi connectivity index (χ1) is 11.0. The van der Waals surface area contributed by atoms with Crippen LogP contribution in [0.5, 0.6) is 5.75 Å². The number of carbonyl (C=O) groups is 1. The fraction of sp³-hybridized carbons (Fsp3) is 0.278. The van der Waals surface area contributed by atoms with Crippen LogP contribution in [0.3, 0.4) is 0 Å².